The summed E-state index contributed by atoms with van der Waals surface area (Å²) in [7, 11) is 0. The van der Waals surface area contributed by atoms with Crippen molar-refractivity contribution in [2.24, 2.45) is 0 Å². The fourth-order valence-corrected chi connectivity index (χ4v) is 1.16. The van der Waals surface area contributed by atoms with E-state index in [4.69, 9.17) is 9.11 Å². The second-order valence-corrected chi connectivity index (χ2v) is 3.14. The average Bonchev–Trinajstić information content (AvgIpc) is 1.58. The molecule has 0 spiro atoms. The molecule has 14 heteroatoms. The molecule has 2 unspecified atom stereocenters. The molecule has 14 heavy (non-hydrogen) atoms. The molecule has 0 amide bonds. The predicted octanol–water partition coefficient (Wildman–Crippen LogP) is -12.7. The zero-order chi connectivity index (χ0) is 8.15. The summed E-state index contributed by atoms with van der Waals surface area (Å²) < 4.78 is 51.9. The third-order valence-corrected chi connectivity index (χ3v) is 2.05. The van der Waals surface area contributed by atoms with Crippen LogP contribution in [0.25, 0.3) is 0 Å². The second-order valence-electron chi connectivity index (χ2n) is 0.774. The summed E-state index contributed by atoms with van der Waals surface area (Å²) in [5.41, 5.74) is 0. The average molecular weight is 371 g/mol. The summed E-state index contributed by atoms with van der Waals surface area (Å²) in [5, 5.41) is 0. The van der Waals surface area contributed by atoms with Crippen LogP contribution in [0.2, 0.25) is 0 Å². The van der Waals surface area contributed by atoms with Crippen LogP contribution >= 0.6 is 0 Å². The minimum absolute atomic E-state index is 0. The number of rotatable bonds is 4. The third-order valence-electron chi connectivity index (χ3n) is 0.228. The molecule has 0 saturated heterocycles. The molecule has 0 rings (SSSR count). The first-order valence-electron chi connectivity index (χ1n) is 1.53. The van der Waals surface area contributed by atoms with Gasteiger partial charge in [-0.2, -0.15) is 12.6 Å². The van der Waals surface area contributed by atoms with Crippen LogP contribution in [-0.4, -0.2) is 21.7 Å². The molecule has 0 fully saturated rings. The SMILES string of the molecule is O=S(O)OS(=O)OS(=O)O.[H-].[H-].[H-].[H-].[K+].[K+].[K+].[K+]. The van der Waals surface area contributed by atoms with Gasteiger partial charge in [-0.1, -0.05) is 0 Å². The molecule has 2 atom stereocenters. The zero-order valence-corrected chi connectivity index (χ0v) is 23.1. The Morgan fingerprint density at radius 1 is 0.786 bits per heavy atom. The van der Waals surface area contributed by atoms with Crippen molar-refractivity contribution >= 4 is 34.1 Å². The van der Waals surface area contributed by atoms with Crippen LogP contribution in [0.15, 0.2) is 0 Å². The van der Waals surface area contributed by atoms with Gasteiger partial charge in [0.1, 0.15) is 0 Å². The van der Waals surface area contributed by atoms with Gasteiger partial charge in [-0.25, -0.2) is 0 Å². The minimum Gasteiger partial charge on any atom is -1.00 e. The van der Waals surface area contributed by atoms with Crippen molar-refractivity contribution in [1.29, 1.82) is 0 Å². The molecule has 0 heterocycles. The van der Waals surface area contributed by atoms with E-state index in [2.05, 4.69) is 7.26 Å². The molecule has 0 saturated carbocycles. The molecule has 7 nitrogen and oxygen atoms in total. The van der Waals surface area contributed by atoms with Gasteiger partial charge < -0.3 is 5.71 Å². The van der Waals surface area contributed by atoms with E-state index in [1.165, 1.54) is 0 Å². The Kier molecular flexibility index (Phi) is 51.7. The quantitative estimate of drug-likeness (QED) is 0.373. The van der Waals surface area contributed by atoms with E-state index >= 15 is 0 Å². The van der Waals surface area contributed by atoms with Gasteiger partial charge in [0.25, 0.3) is 0 Å². The van der Waals surface area contributed by atoms with Crippen molar-refractivity contribution in [2.45, 2.75) is 0 Å². The fraction of sp³-hybridized carbons (Fsp3) is 0. The maximum atomic E-state index is 10.0. The van der Waals surface area contributed by atoms with E-state index in [1.807, 2.05) is 0 Å². The summed E-state index contributed by atoms with van der Waals surface area (Å²) in [5.74, 6) is 0. The van der Waals surface area contributed by atoms with Crippen LogP contribution in [0.3, 0.4) is 0 Å². The summed E-state index contributed by atoms with van der Waals surface area (Å²) >= 11 is -8.25. The summed E-state index contributed by atoms with van der Waals surface area (Å²) in [6.45, 7) is 0. The minimum atomic E-state index is -2.78. The van der Waals surface area contributed by atoms with E-state index < -0.39 is 34.1 Å². The molecule has 70 valence electrons. The Bertz CT molecular complexity index is 178. The monoisotopic (exact) mass is 370 g/mol. The van der Waals surface area contributed by atoms with Crippen LogP contribution in [0, 0.1) is 0 Å². The molecular weight excluding hydrogens is 365 g/mol. The Hall–Kier alpha value is 6.84. The van der Waals surface area contributed by atoms with Crippen LogP contribution < -0.4 is 206 Å². The number of hydrogen-bond donors (Lipinski definition) is 2. The smallest absolute Gasteiger partial charge is 1.00 e. The molecule has 0 bridgehead atoms. The molecule has 0 aromatic rings. The number of hydrogen-bond acceptors (Lipinski definition) is 5. The molecule has 0 aliphatic heterocycles. The Morgan fingerprint density at radius 3 is 1.14 bits per heavy atom. The van der Waals surface area contributed by atoms with E-state index in [-0.39, 0.29) is 211 Å². The van der Waals surface area contributed by atoms with Crippen LogP contribution in [0.4, 0.5) is 0 Å². The van der Waals surface area contributed by atoms with Crippen molar-refractivity contribution in [3.63, 3.8) is 0 Å². The Labute approximate surface area is 265 Å². The van der Waals surface area contributed by atoms with E-state index in [0.717, 1.165) is 0 Å². The van der Waals surface area contributed by atoms with Crippen molar-refractivity contribution in [2.75, 3.05) is 0 Å². The first kappa shape index (κ1) is 32.7. The Balaban J connectivity index is -0.0000000145. The van der Waals surface area contributed by atoms with Crippen LogP contribution in [0.1, 0.15) is 5.71 Å². The maximum absolute atomic E-state index is 10.0. The van der Waals surface area contributed by atoms with E-state index in [9.17, 15) is 12.6 Å². The summed E-state index contributed by atoms with van der Waals surface area (Å²) in [6.07, 6.45) is 0. The van der Waals surface area contributed by atoms with Crippen molar-refractivity contribution in [3.8, 4) is 0 Å². The topological polar surface area (TPSA) is 110 Å². The predicted molar refractivity (Wildman–Crippen MR) is 36.3 cm³/mol. The summed E-state index contributed by atoms with van der Waals surface area (Å²) in [6, 6.07) is 0. The first-order valence-corrected chi connectivity index (χ1v) is 4.60. The van der Waals surface area contributed by atoms with Gasteiger partial charge in [0.2, 0.25) is 0 Å². The van der Waals surface area contributed by atoms with Gasteiger partial charge >= 0.3 is 240 Å². The molecule has 0 aromatic heterocycles. The largest absolute Gasteiger partial charge is 1.00 e. The van der Waals surface area contributed by atoms with Crippen molar-refractivity contribution in [3.05, 3.63) is 0 Å². The van der Waals surface area contributed by atoms with Crippen molar-refractivity contribution < 1.29 is 240 Å². The first-order chi connectivity index (χ1) is 4.52. The normalized spacial score (nSPS) is 14.1. The second kappa shape index (κ2) is 22.1. The zero-order valence-electron chi connectivity index (χ0n) is 12.2. The van der Waals surface area contributed by atoms with E-state index in [0.29, 0.717) is 0 Å². The molecular formula is H6K4O7S3. The van der Waals surface area contributed by atoms with E-state index in [1.54, 1.807) is 0 Å². The summed E-state index contributed by atoms with van der Waals surface area (Å²) in [4.78, 5) is 0. The fourth-order valence-electron chi connectivity index (χ4n) is 0.106. The maximum Gasteiger partial charge on any atom is 1.00 e. The standard InChI is InChI=1S/4K.H2O7S3.4H/c;;;;1-8(2)6-10(5)7-9(3)4;;;;/h;;;;(H,1,2)(H,3,4);;;;/q4*+1;;4*-1. The van der Waals surface area contributed by atoms with Gasteiger partial charge in [0, 0.05) is 0 Å². The van der Waals surface area contributed by atoms with Gasteiger partial charge in [-0.05, 0) is 0 Å². The van der Waals surface area contributed by atoms with Gasteiger partial charge in [-0.3, -0.25) is 9.11 Å². The Morgan fingerprint density at radius 2 is 1.00 bits per heavy atom. The molecule has 0 aliphatic rings. The van der Waals surface area contributed by atoms with Gasteiger partial charge in [0.15, 0.2) is 0 Å². The molecule has 0 aromatic carbocycles. The van der Waals surface area contributed by atoms with Gasteiger partial charge in [-0.15, -0.1) is 7.26 Å². The molecule has 2 N–H and O–H groups in total. The van der Waals surface area contributed by atoms with Gasteiger partial charge in [0.05, 0.1) is 0 Å². The molecule has 0 aliphatic carbocycles. The van der Waals surface area contributed by atoms with Crippen LogP contribution in [-0.2, 0) is 41.3 Å². The van der Waals surface area contributed by atoms with Crippen molar-refractivity contribution in [1.82, 2.24) is 0 Å². The third kappa shape index (κ3) is 27.2. The van der Waals surface area contributed by atoms with Crippen LogP contribution in [0.5, 0.6) is 0 Å². The molecule has 0 radical (unpaired) electrons.